The van der Waals surface area contributed by atoms with Gasteiger partial charge < -0.3 is 10.2 Å². The number of hydrogen-bond donors (Lipinski definition) is 1. The van der Waals surface area contributed by atoms with Crippen LogP contribution in [0.1, 0.15) is 37.0 Å². The third-order valence-corrected chi connectivity index (χ3v) is 5.37. The number of halogens is 1. The van der Waals surface area contributed by atoms with Crippen LogP contribution in [-0.2, 0) is 11.3 Å². The molecule has 0 radical (unpaired) electrons. The Labute approximate surface area is 152 Å². The Kier molecular flexibility index (Phi) is 4.37. The third kappa shape index (κ3) is 3.23. The number of aryl methyl sites for hydroxylation is 2. The van der Waals surface area contributed by atoms with Crippen LogP contribution < -0.4 is 10.2 Å². The molecule has 4 rings (SSSR count). The van der Waals surface area contributed by atoms with Gasteiger partial charge in [0, 0.05) is 19.6 Å². The molecule has 25 heavy (non-hydrogen) atoms. The van der Waals surface area contributed by atoms with E-state index in [0.29, 0.717) is 6.54 Å². The standard InChI is InChI=1S/C18H22ClN5O/c1-12-20-17-15(6-4-9-24(17)22-12)21-18(25)13-8-10-23(11-13)16-7-3-2-5-14(16)19/h2-3,5,7,13,15H,4,6,8-11H2,1H3,(H,21,25). The minimum Gasteiger partial charge on any atom is -0.370 e. The van der Waals surface area contributed by atoms with Crippen molar-refractivity contribution < 1.29 is 4.79 Å². The maximum Gasteiger partial charge on any atom is 0.225 e. The van der Waals surface area contributed by atoms with Crippen molar-refractivity contribution in [3.8, 4) is 0 Å². The molecule has 1 amide bonds. The predicted molar refractivity (Wildman–Crippen MR) is 96.6 cm³/mol. The lowest BCUT2D eigenvalue weighted by molar-refractivity contribution is -0.125. The van der Waals surface area contributed by atoms with E-state index in [1.807, 2.05) is 35.9 Å². The average molecular weight is 360 g/mol. The molecule has 0 bridgehead atoms. The summed E-state index contributed by atoms with van der Waals surface area (Å²) >= 11 is 6.29. The fourth-order valence-electron chi connectivity index (χ4n) is 3.80. The number of carbonyl (C=O) groups excluding carboxylic acids is 1. The molecule has 1 N–H and O–H groups in total. The van der Waals surface area contributed by atoms with E-state index in [9.17, 15) is 4.79 Å². The SMILES string of the molecule is Cc1nc2n(n1)CCCC2NC(=O)C1CCN(c2ccccc2Cl)C1. The molecule has 0 spiro atoms. The van der Waals surface area contributed by atoms with E-state index in [4.69, 9.17) is 11.6 Å². The quantitative estimate of drug-likeness (QED) is 0.915. The maximum atomic E-state index is 12.8. The maximum absolute atomic E-state index is 12.8. The van der Waals surface area contributed by atoms with Crippen molar-refractivity contribution in [2.75, 3.05) is 18.0 Å². The lowest BCUT2D eigenvalue weighted by Crippen LogP contribution is -2.38. The van der Waals surface area contributed by atoms with Crippen LogP contribution in [0.2, 0.25) is 5.02 Å². The Bertz CT molecular complexity index is 790. The van der Waals surface area contributed by atoms with Crippen molar-refractivity contribution in [3.05, 3.63) is 40.9 Å². The lowest BCUT2D eigenvalue weighted by Gasteiger charge is -2.25. The summed E-state index contributed by atoms with van der Waals surface area (Å²) in [6, 6.07) is 7.77. The van der Waals surface area contributed by atoms with Crippen LogP contribution in [0.4, 0.5) is 5.69 Å². The highest BCUT2D eigenvalue weighted by molar-refractivity contribution is 6.33. The first kappa shape index (κ1) is 16.4. The van der Waals surface area contributed by atoms with Gasteiger partial charge in [-0.15, -0.1) is 0 Å². The van der Waals surface area contributed by atoms with Gasteiger partial charge in [-0.05, 0) is 38.3 Å². The highest BCUT2D eigenvalue weighted by Crippen LogP contribution is 2.31. The number of rotatable bonds is 3. The lowest BCUT2D eigenvalue weighted by atomic mass is 10.0. The minimum atomic E-state index is -0.0307. The minimum absolute atomic E-state index is 0.0179. The number of para-hydroxylation sites is 1. The van der Waals surface area contributed by atoms with Crippen LogP contribution in [-0.4, -0.2) is 33.8 Å². The number of fused-ring (bicyclic) bond motifs is 1. The fourth-order valence-corrected chi connectivity index (χ4v) is 4.05. The van der Waals surface area contributed by atoms with E-state index >= 15 is 0 Å². The summed E-state index contributed by atoms with van der Waals surface area (Å²) in [4.78, 5) is 19.5. The summed E-state index contributed by atoms with van der Waals surface area (Å²) in [5, 5.41) is 8.33. The van der Waals surface area contributed by atoms with Crippen molar-refractivity contribution in [3.63, 3.8) is 0 Å². The molecule has 1 aromatic heterocycles. The van der Waals surface area contributed by atoms with Gasteiger partial charge >= 0.3 is 0 Å². The molecule has 1 fully saturated rings. The van der Waals surface area contributed by atoms with Gasteiger partial charge in [-0.1, -0.05) is 23.7 Å². The second-order valence-electron chi connectivity index (χ2n) is 6.83. The van der Waals surface area contributed by atoms with Crippen LogP contribution in [0.3, 0.4) is 0 Å². The van der Waals surface area contributed by atoms with Crippen molar-refractivity contribution in [2.45, 2.75) is 38.8 Å². The van der Waals surface area contributed by atoms with Crippen LogP contribution in [0.5, 0.6) is 0 Å². The average Bonchev–Trinajstić information content (AvgIpc) is 3.22. The molecule has 7 heteroatoms. The zero-order valence-electron chi connectivity index (χ0n) is 14.3. The van der Waals surface area contributed by atoms with Crippen LogP contribution in [0.15, 0.2) is 24.3 Å². The van der Waals surface area contributed by atoms with Crippen molar-refractivity contribution >= 4 is 23.2 Å². The van der Waals surface area contributed by atoms with Crippen LogP contribution in [0, 0.1) is 12.8 Å². The van der Waals surface area contributed by atoms with Gasteiger partial charge in [0.25, 0.3) is 0 Å². The fraction of sp³-hybridized carbons (Fsp3) is 0.500. The van der Waals surface area contributed by atoms with Gasteiger partial charge in [-0.2, -0.15) is 5.10 Å². The first-order chi connectivity index (χ1) is 12.1. The highest BCUT2D eigenvalue weighted by Gasteiger charge is 2.32. The normalized spacial score (nSPS) is 22.7. The summed E-state index contributed by atoms with van der Waals surface area (Å²) in [6.07, 6.45) is 2.78. The molecule has 132 valence electrons. The molecule has 1 saturated heterocycles. The topological polar surface area (TPSA) is 63.1 Å². The molecular formula is C18H22ClN5O. The van der Waals surface area contributed by atoms with Gasteiger partial charge in [0.2, 0.25) is 5.91 Å². The van der Waals surface area contributed by atoms with Gasteiger partial charge in [0.05, 0.1) is 22.7 Å². The molecule has 1 aromatic carbocycles. The number of amides is 1. The first-order valence-electron chi connectivity index (χ1n) is 8.83. The zero-order chi connectivity index (χ0) is 17.4. The number of nitrogens with zero attached hydrogens (tertiary/aromatic N) is 4. The third-order valence-electron chi connectivity index (χ3n) is 5.05. The Morgan fingerprint density at radius 2 is 2.12 bits per heavy atom. The summed E-state index contributed by atoms with van der Waals surface area (Å²) in [7, 11) is 0. The Morgan fingerprint density at radius 1 is 1.28 bits per heavy atom. The smallest absolute Gasteiger partial charge is 0.225 e. The van der Waals surface area contributed by atoms with Crippen molar-refractivity contribution in [1.82, 2.24) is 20.1 Å². The molecule has 3 heterocycles. The van der Waals surface area contributed by atoms with Gasteiger partial charge in [0.15, 0.2) is 0 Å². The number of aromatic nitrogens is 3. The second kappa shape index (κ2) is 6.67. The number of benzene rings is 1. The summed E-state index contributed by atoms with van der Waals surface area (Å²) in [5.41, 5.74) is 1.01. The van der Waals surface area contributed by atoms with Crippen molar-refractivity contribution in [2.24, 2.45) is 5.92 Å². The van der Waals surface area contributed by atoms with Crippen molar-refractivity contribution in [1.29, 1.82) is 0 Å². The number of hydrogen-bond acceptors (Lipinski definition) is 4. The monoisotopic (exact) mass is 359 g/mol. The van der Waals surface area contributed by atoms with Crippen LogP contribution >= 0.6 is 11.6 Å². The molecule has 2 aliphatic heterocycles. The first-order valence-corrected chi connectivity index (χ1v) is 9.21. The largest absolute Gasteiger partial charge is 0.370 e. The predicted octanol–water partition coefficient (Wildman–Crippen LogP) is 2.72. The Balaban J connectivity index is 1.42. The number of anilines is 1. The van der Waals surface area contributed by atoms with E-state index in [1.54, 1.807) is 0 Å². The number of nitrogens with one attached hydrogen (secondary N) is 1. The molecule has 2 atom stereocenters. The summed E-state index contributed by atoms with van der Waals surface area (Å²) < 4.78 is 1.93. The molecule has 0 saturated carbocycles. The summed E-state index contributed by atoms with van der Waals surface area (Å²) in [5.74, 6) is 1.74. The van der Waals surface area contributed by atoms with Gasteiger partial charge in [0.1, 0.15) is 11.6 Å². The van der Waals surface area contributed by atoms with E-state index in [2.05, 4.69) is 20.3 Å². The number of carbonyl (C=O) groups is 1. The molecule has 2 aromatic rings. The molecule has 6 nitrogen and oxygen atoms in total. The molecule has 0 aliphatic carbocycles. The Hall–Kier alpha value is -2.08. The second-order valence-corrected chi connectivity index (χ2v) is 7.23. The molecule has 2 aliphatic rings. The van der Waals surface area contributed by atoms with E-state index in [-0.39, 0.29) is 17.9 Å². The van der Waals surface area contributed by atoms with E-state index in [1.165, 1.54) is 0 Å². The van der Waals surface area contributed by atoms with E-state index < -0.39 is 0 Å². The van der Waals surface area contributed by atoms with Gasteiger partial charge in [-0.3, -0.25) is 4.79 Å². The summed E-state index contributed by atoms with van der Waals surface area (Å²) in [6.45, 7) is 4.32. The zero-order valence-corrected chi connectivity index (χ0v) is 15.0. The van der Waals surface area contributed by atoms with Gasteiger partial charge in [-0.25, -0.2) is 9.67 Å². The molecule has 2 unspecified atom stereocenters. The Morgan fingerprint density at radius 3 is 2.96 bits per heavy atom. The van der Waals surface area contributed by atoms with E-state index in [0.717, 1.165) is 54.7 Å². The molecular weight excluding hydrogens is 338 g/mol. The highest BCUT2D eigenvalue weighted by atomic mass is 35.5. The van der Waals surface area contributed by atoms with Crippen LogP contribution in [0.25, 0.3) is 0 Å².